The third kappa shape index (κ3) is 2.84. The maximum atomic E-state index is 13.1. The van der Waals surface area contributed by atoms with Crippen LogP contribution in [0.5, 0.6) is 0 Å². The molecule has 0 aliphatic carbocycles. The Balaban J connectivity index is 1.55. The van der Waals surface area contributed by atoms with Crippen LogP contribution in [0.2, 0.25) is 0 Å². The normalized spacial score (nSPS) is 15.6. The molecule has 28 heavy (non-hydrogen) atoms. The molecule has 0 N–H and O–H groups in total. The lowest BCUT2D eigenvalue weighted by Crippen LogP contribution is -2.44. The molecule has 0 radical (unpaired) electrons. The van der Waals surface area contributed by atoms with Crippen molar-refractivity contribution in [2.24, 2.45) is 7.05 Å². The quantitative estimate of drug-likeness (QED) is 0.537. The minimum atomic E-state index is -0.0573. The lowest BCUT2D eigenvalue weighted by Gasteiger charge is -2.34. The Morgan fingerprint density at radius 1 is 0.893 bits per heavy atom. The first-order valence-electron chi connectivity index (χ1n) is 9.47. The summed E-state index contributed by atoms with van der Waals surface area (Å²) in [5, 5.41) is 6.01. The lowest BCUT2D eigenvalue weighted by atomic mass is 10.2. The Morgan fingerprint density at radius 3 is 2.50 bits per heavy atom. The van der Waals surface area contributed by atoms with Crippen LogP contribution in [0, 0.1) is 0 Å². The largest absolute Gasteiger partial charge is 0.369 e. The van der Waals surface area contributed by atoms with Crippen LogP contribution < -0.4 is 10.5 Å². The van der Waals surface area contributed by atoms with Crippen molar-refractivity contribution in [3.8, 4) is 5.69 Å². The van der Waals surface area contributed by atoms with Gasteiger partial charge in [-0.3, -0.25) is 14.0 Å². The summed E-state index contributed by atoms with van der Waals surface area (Å²) >= 11 is 0. The fourth-order valence-electron chi connectivity index (χ4n) is 3.84. The van der Waals surface area contributed by atoms with Crippen LogP contribution in [0.4, 0.5) is 5.69 Å². The van der Waals surface area contributed by atoms with E-state index < -0.39 is 0 Å². The van der Waals surface area contributed by atoms with E-state index >= 15 is 0 Å². The zero-order chi connectivity index (χ0) is 19.3. The standard InChI is InChI=1S/C21H22N6O/c1-24-7-9-26(10-8-24)16-3-5-18-20(12-16)22-14-27(21(18)28)17-4-6-19-15(11-17)13-25(2)23-19/h3-6,11-14H,7-10H2,1-2H3. The van der Waals surface area contributed by atoms with E-state index in [1.54, 1.807) is 15.6 Å². The Kier molecular flexibility index (Phi) is 3.91. The number of piperazine rings is 1. The molecular formula is C21H22N6O. The highest BCUT2D eigenvalue weighted by Gasteiger charge is 2.15. The van der Waals surface area contributed by atoms with Gasteiger partial charge in [-0.2, -0.15) is 5.10 Å². The Bertz CT molecular complexity index is 1230. The molecule has 4 aromatic rings. The van der Waals surface area contributed by atoms with Crippen LogP contribution in [0.25, 0.3) is 27.5 Å². The van der Waals surface area contributed by atoms with Crippen molar-refractivity contribution >= 4 is 27.5 Å². The Hall–Kier alpha value is -3.19. The Labute approximate surface area is 162 Å². The summed E-state index contributed by atoms with van der Waals surface area (Å²) in [6.45, 7) is 4.07. The molecule has 0 saturated carbocycles. The third-order valence-electron chi connectivity index (χ3n) is 5.49. The fraction of sp³-hybridized carbons (Fsp3) is 0.286. The van der Waals surface area contributed by atoms with Gasteiger partial charge in [-0.25, -0.2) is 4.98 Å². The molecule has 142 valence electrons. The van der Waals surface area contributed by atoms with Gasteiger partial charge in [0, 0.05) is 50.5 Å². The summed E-state index contributed by atoms with van der Waals surface area (Å²) in [6.07, 6.45) is 3.57. The van der Waals surface area contributed by atoms with E-state index in [0.717, 1.165) is 54.0 Å². The Morgan fingerprint density at radius 2 is 1.68 bits per heavy atom. The maximum Gasteiger partial charge on any atom is 0.265 e. The molecule has 1 aliphatic rings. The SMILES string of the molecule is CN1CCN(c2ccc3c(=O)n(-c4ccc5nn(C)cc5c4)cnc3c2)CC1. The van der Waals surface area contributed by atoms with E-state index in [9.17, 15) is 4.79 Å². The monoisotopic (exact) mass is 374 g/mol. The van der Waals surface area contributed by atoms with Crippen molar-refractivity contribution in [2.75, 3.05) is 38.1 Å². The van der Waals surface area contributed by atoms with Crippen molar-refractivity contribution in [1.29, 1.82) is 0 Å². The van der Waals surface area contributed by atoms with E-state index in [2.05, 4.69) is 26.9 Å². The number of anilines is 1. The molecular weight excluding hydrogens is 352 g/mol. The van der Waals surface area contributed by atoms with Gasteiger partial charge in [0.25, 0.3) is 5.56 Å². The van der Waals surface area contributed by atoms with Crippen LogP contribution in [0.15, 0.2) is 53.7 Å². The summed E-state index contributed by atoms with van der Waals surface area (Å²) in [5.41, 5.74) is 3.51. The number of aryl methyl sites for hydroxylation is 1. The molecule has 1 aliphatic heterocycles. The van der Waals surface area contributed by atoms with E-state index in [1.807, 2.05) is 49.6 Å². The molecule has 5 rings (SSSR count). The van der Waals surface area contributed by atoms with E-state index in [-0.39, 0.29) is 5.56 Å². The minimum absolute atomic E-state index is 0.0573. The number of likely N-dealkylation sites (N-methyl/N-ethyl adjacent to an activating group) is 1. The summed E-state index contributed by atoms with van der Waals surface area (Å²) in [6, 6.07) is 11.8. The second-order valence-electron chi connectivity index (χ2n) is 7.46. The molecule has 7 nitrogen and oxygen atoms in total. The minimum Gasteiger partial charge on any atom is -0.369 e. The summed E-state index contributed by atoms with van der Waals surface area (Å²) in [5.74, 6) is 0. The smallest absolute Gasteiger partial charge is 0.265 e. The lowest BCUT2D eigenvalue weighted by molar-refractivity contribution is 0.313. The van der Waals surface area contributed by atoms with Gasteiger partial charge in [0.05, 0.1) is 22.1 Å². The summed E-state index contributed by atoms with van der Waals surface area (Å²) < 4.78 is 3.38. The number of fused-ring (bicyclic) bond motifs is 2. The van der Waals surface area contributed by atoms with Crippen LogP contribution in [0.3, 0.4) is 0 Å². The molecule has 0 amide bonds. The van der Waals surface area contributed by atoms with Crippen LogP contribution >= 0.6 is 0 Å². The second-order valence-corrected chi connectivity index (χ2v) is 7.46. The van der Waals surface area contributed by atoms with E-state index in [4.69, 9.17) is 0 Å². The highest BCUT2D eigenvalue weighted by Crippen LogP contribution is 2.21. The number of hydrogen-bond acceptors (Lipinski definition) is 5. The maximum absolute atomic E-state index is 13.1. The molecule has 1 saturated heterocycles. The highest BCUT2D eigenvalue weighted by molar-refractivity contribution is 5.83. The fourth-order valence-corrected chi connectivity index (χ4v) is 3.84. The van der Waals surface area contributed by atoms with Gasteiger partial charge in [0.2, 0.25) is 0 Å². The van der Waals surface area contributed by atoms with Crippen LogP contribution in [-0.4, -0.2) is 57.5 Å². The van der Waals surface area contributed by atoms with Gasteiger partial charge in [-0.1, -0.05) is 0 Å². The van der Waals surface area contributed by atoms with Gasteiger partial charge in [0.1, 0.15) is 6.33 Å². The second kappa shape index (κ2) is 6.45. The predicted octanol–water partition coefficient (Wildman–Crippen LogP) is 2.02. The number of hydrogen-bond donors (Lipinski definition) is 0. The average Bonchev–Trinajstić information content (AvgIpc) is 3.08. The number of benzene rings is 2. The van der Waals surface area contributed by atoms with Crippen molar-refractivity contribution in [3.63, 3.8) is 0 Å². The van der Waals surface area contributed by atoms with Crippen LogP contribution in [0.1, 0.15) is 0 Å². The number of rotatable bonds is 2. The zero-order valence-corrected chi connectivity index (χ0v) is 16.0. The van der Waals surface area contributed by atoms with Gasteiger partial charge < -0.3 is 9.80 Å². The molecule has 1 fully saturated rings. The predicted molar refractivity (Wildman–Crippen MR) is 111 cm³/mol. The van der Waals surface area contributed by atoms with E-state index in [1.165, 1.54) is 0 Å². The van der Waals surface area contributed by atoms with Gasteiger partial charge in [0.15, 0.2) is 0 Å². The first kappa shape index (κ1) is 16.9. The third-order valence-corrected chi connectivity index (χ3v) is 5.49. The first-order chi connectivity index (χ1) is 13.6. The number of nitrogens with zero attached hydrogens (tertiary/aromatic N) is 6. The molecule has 7 heteroatoms. The molecule has 0 bridgehead atoms. The van der Waals surface area contributed by atoms with Gasteiger partial charge in [-0.05, 0) is 43.4 Å². The van der Waals surface area contributed by atoms with Crippen molar-refractivity contribution < 1.29 is 0 Å². The summed E-state index contributed by atoms with van der Waals surface area (Å²) in [4.78, 5) is 22.3. The van der Waals surface area contributed by atoms with Crippen molar-refractivity contribution in [1.82, 2.24) is 24.2 Å². The highest BCUT2D eigenvalue weighted by atomic mass is 16.1. The molecule has 2 aromatic heterocycles. The van der Waals surface area contributed by atoms with Gasteiger partial charge >= 0.3 is 0 Å². The van der Waals surface area contributed by atoms with E-state index in [0.29, 0.717) is 5.39 Å². The average molecular weight is 374 g/mol. The molecule has 3 heterocycles. The van der Waals surface area contributed by atoms with Crippen LogP contribution in [-0.2, 0) is 7.05 Å². The number of aromatic nitrogens is 4. The van der Waals surface area contributed by atoms with Crippen molar-refractivity contribution in [3.05, 3.63) is 59.3 Å². The topological polar surface area (TPSA) is 59.2 Å². The molecule has 0 atom stereocenters. The van der Waals surface area contributed by atoms with Crippen molar-refractivity contribution in [2.45, 2.75) is 0 Å². The molecule has 0 spiro atoms. The first-order valence-corrected chi connectivity index (χ1v) is 9.47. The van der Waals surface area contributed by atoms with Gasteiger partial charge in [-0.15, -0.1) is 0 Å². The molecule has 0 unspecified atom stereocenters. The summed E-state index contributed by atoms with van der Waals surface area (Å²) in [7, 11) is 4.03. The molecule has 2 aromatic carbocycles. The zero-order valence-electron chi connectivity index (χ0n) is 16.0.